The minimum absolute atomic E-state index is 0.345. The first-order valence-corrected chi connectivity index (χ1v) is 16.7. The van der Waals surface area contributed by atoms with Gasteiger partial charge in [0.05, 0.1) is 0 Å². The highest BCUT2D eigenvalue weighted by molar-refractivity contribution is 5.66. The molecule has 0 amide bonds. The topological polar surface area (TPSA) is 63.3 Å². The fraction of sp³-hybridized carbons (Fsp3) is 0.970. The van der Waals surface area contributed by atoms with E-state index >= 15 is 0 Å². The lowest BCUT2D eigenvalue weighted by atomic mass is 10.0. The molecule has 3 N–H and O–H groups in total. The summed E-state index contributed by atoms with van der Waals surface area (Å²) >= 11 is 0. The first kappa shape index (κ1) is 35.4. The Morgan fingerprint density at radius 3 is 0.667 bits per heavy atom. The molecule has 0 aromatic carbocycles. The molecule has 216 valence electrons. The average molecular weight is 510 g/mol. The van der Waals surface area contributed by atoms with Crippen LogP contribution in [0, 0.1) is 0 Å². The van der Waals surface area contributed by atoms with Gasteiger partial charge in [0, 0.05) is 6.42 Å². The first-order valence-electron chi connectivity index (χ1n) is 16.7. The number of unbranched alkanes of at least 4 members (excludes halogenated alkanes) is 29. The molecule has 0 aromatic heterocycles. The molecule has 0 fully saturated rings. The Labute approximate surface area is 227 Å². The van der Waals surface area contributed by atoms with E-state index in [-0.39, 0.29) is 0 Å². The average Bonchev–Trinajstić information content (AvgIpc) is 2.87. The Kier molecular flexibility index (Phi) is 31.9. The lowest BCUT2D eigenvalue weighted by Gasteiger charge is -2.04. The maximum atomic E-state index is 10.5. The smallest absolute Gasteiger partial charge is 0.303 e. The number of hydrogen-bond acceptors (Lipinski definition) is 2. The molecule has 0 aliphatic carbocycles. The van der Waals surface area contributed by atoms with Gasteiger partial charge in [-0.2, -0.15) is 0 Å². The van der Waals surface area contributed by atoms with Crippen molar-refractivity contribution in [2.45, 2.75) is 199 Å². The second-order valence-corrected chi connectivity index (χ2v) is 11.5. The Bertz CT molecular complexity index is 412. The zero-order chi connectivity index (χ0) is 26.2. The van der Waals surface area contributed by atoms with Crippen molar-refractivity contribution in [3.8, 4) is 0 Å². The maximum Gasteiger partial charge on any atom is 0.303 e. The van der Waals surface area contributed by atoms with Gasteiger partial charge in [0.1, 0.15) is 0 Å². The van der Waals surface area contributed by atoms with Crippen LogP contribution in [-0.2, 0) is 4.79 Å². The van der Waals surface area contributed by atoms with E-state index in [4.69, 9.17) is 10.8 Å². The summed E-state index contributed by atoms with van der Waals surface area (Å²) in [6, 6.07) is 0. The van der Waals surface area contributed by atoms with Crippen LogP contribution in [0.25, 0.3) is 0 Å². The first-order chi connectivity index (χ1) is 17.8. The number of carboxylic acids is 1. The van der Waals surface area contributed by atoms with Crippen molar-refractivity contribution < 1.29 is 9.90 Å². The lowest BCUT2D eigenvalue weighted by Crippen LogP contribution is -1.97. The molecule has 36 heavy (non-hydrogen) atoms. The number of hydrogen-bond donors (Lipinski definition) is 2. The van der Waals surface area contributed by atoms with Crippen LogP contribution in [0.3, 0.4) is 0 Å². The monoisotopic (exact) mass is 510 g/mol. The minimum Gasteiger partial charge on any atom is -0.481 e. The van der Waals surface area contributed by atoms with Crippen molar-refractivity contribution in [2.75, 3.05) is 6.54 Å². The third kappa shape index (κ3) is 33.4. The van der Waals surface area contributed by atoms with E-state index < -0.39 is 5.97 Å². The Hall–Kier alpha value is -0.570. The van der Waals surface area contributed by atoms with Crippen LogP contribution in [-0.4, -0.2) is 17.6 Å². The fourth-order valence-electron chi connectivity index (χ4n) is 5.37. The molecule has 0 rings (SSSR count). The highest BCUT2D eigenvalue weighted by Gasteiger charge is 1.98. The second kappa shape index (κ2) is 32.5. The van der Waals surface area contributed by atoms with Gasteiger partial charge in [-0.1, -0.05) is 180 Å². The van der Waals surface area contributed by atoms with E-state index in [1.54, 1.807) is 0 Å². The van der Waals surface area contributed by atoms with Gasteiger partial charge in [-0.3, -0.25) is 4.79 Å². The van der Waals surface area contributed by atoms with Crippen molar-refractivity contribution >= 4 is 5.97 Å². The van der Waals surface area contributed by atoms with E-state index in [9.17, 15) is 4.79 Å². The van der Waals surface area contributed by atoms with Crippen LogP contribution in [0.2, 0.25) is 0 Å². The highest BCUT2D eigenvalue weighted by atomic mass is 16.4. The molecular formula is C33H67NO2. The maximum absolute atomic E-state index is 10.5. The van der Waals surface area contributed by atoms with Crippen molar-refractivity contribution in [1.82, 2.24) is 0 Å². The molecule has 0 aliphatic heterocycles. The highest BCUT2D eigenvalue weighted by Crippen LogP contribution is 2.16. The number of carbonyl (C=O) groups is 1. The molecule has 0 bridgehead atoms. The second-order valence-electron chi connectivity index (χ2n) is 11.5. The standard InChI is InChI=1S/C33H67NO2/c34-32-30-28-26-24-22-20-18-16-14-12-10-8-6-4-2-1-3-5-7-9-11-13-15-17-19-21-23-25-27-29-31-33(35)36/h1-32,34H2,(H,35,36). The SMILES string of the molecule is NCCCCCCCCCCCCCCCCCCCCCCCCCCCCCCCCC(=O)O. The van der Waals surface area contributed by atoms with E-state index in [1.807, 2.05) is 0 Å². The number of carboxylic acid groups (broad SMARTS) is 1. The normalized spacial score (nSPS) is 11.4. The molecule has 0 heterocycles. The van der Waals surface area contributed by atoms with Crippen LogP contribution >= 0.6 is 0 Å². The molecule has 3 nitrogen and oxygen atoms in total. The molecule has 0 aromatic rings. The summed E-state index contributed by atoms with van der Waals surface area (Å²) in [6.45, 7) is 0.866. The third-order valence-corrected chi connectivity index (χ3v) is 7.84. The zero-order valence-corrected chi connectivity index (χ0v) is 24.6. The van der Waals surface area contributed by atoms with Crippen LogP contribution < -0.4 is 5.73 Å². The van der Waals surface area contributed by atoms with Gasteiger partial charge >= 0.3 is 5.97 Å². The minimum atomic E-state index is -0.650. The largest absolute Gasteiger partial charge is 0.481 e. The lowest BCUT2D eigenvalue weighted by molar-refractivity contribution is -0.137. The summed E-state index contributed by atoms with van der Waals surface area (Å²) in [4.78, 5) is 10.5. The molecule has 3 heteroatoms. The Balaban J connectivity index is 3.02. The van der Waals surface area contributed by atoms with Crippen molar-refractivity contribution in [3.63, 3.8) is 0 Å². The molecular weight excluding hydrogens is 442 g/mol. The third-order valence-electron chi connectivity index (χ3n) is 7.84. The summed E-state index contributed by atoms with van der Waals surface area (Å²) in [7, 11) is 0. The van der Waals surface area contributed by atoms with Crippen LogP contribution in [0.15, 0.2) is 0 Å². The zero-order valence-electron chi connectivity index (χ0n) is 24.6. The number of nitrogens with two attached hydrogens (primary N) is 1. The summed E-state index contributed by atoms with van der Waals surface area (Å²) in [5.74, 6) is -0.650. The van der Waals surface area contributed by atoms with Gasteiger partial charge in [0.2, 0.25) is 0 Å². The van der Waals surface area contributed by atoms with Gasteiger partial charge in [-0.15, -0.1) is 0 Å². The molecule has 0 radical (unpaired) electrons. The van der Waals surface area contributed by atoms with Crippen molar-refractivity contribution in [1.29, 1.82) is 0 Å². The van der Waals surface area contributed by atoms with Crippen molar-refractivity contribution in [2.24, 2.45) is 5.73 Å². The van der Waals surface area contributed by atoms with E-state index in [1.165, 1.54) is 180 Å². The molecule has 0 unspecified atom stereocenters. The summed E-state index contributed by atoms with van der Waals surface area (Å²) in [5, 5.41) is 8.62. The fourth-order valence-corrected chi connectivity index (χ4v) is 5.37. The van der Waals surface area contributed by atoms with Gasteiger partial charge in [-0.05, 0) is 19.4 Å². The molecule has 0 aliphatic rings. The van der Waals surface area contributed by atoms with E-state index in [2.05, 4.69) is 0 Å². The summed E-state index contributed by atoms with van der Waals surface area (Å²) in [6.07, 6.45) is 41.8. The predicted octanol–water partition coefficient (Wildman–Crippen LogP) is 11.1. The van der Waals surface area contributed by atoms with Crippen LogP contribution in [0.5, 0.6) is 0 Å². The van der Waals surface area contributed by atoms with E-state index in [0.29, 0.717) is 6.42 Å². The van der Waals surface area contributed by atoms with Gasteiger partial charge in [0.25, 0.3) is 0 Å². The van der Waals surface area contributed by atoms with Crippen LogP contribution in [0.1, 0.15) is 199 Å². The number of rotatable bonds is 32. The molecule has 0 saturated heterocycles. The van der Waals surface area contributed by atoms with Gasteiger partial charge in [0.15, 0.2) is 0 Å². The molecule has 0 spiro atoms. The van der Waals surface area contributed by atoms with Crippen LogP contribution in [0.4, 0.5) is 0 Å². The summed E-state index contributed by atoms with van der Waals surface area (Å²) < 4.78 is 0. The van der Waals surface area contributed by atoms with Gasteiger partial charge < -0.3 is 10.8 Å². The molecule has 0 atom stereocenters. The predicted molar refractivity (Wildman–Crippen MR) is 160 cm³/mol. The van der Waals surface area contributed by atoms with Crippen molar-refractivity contribution in [3.05, 3.63) is 0 Å². The molecule has 0 saturated carbocycles. The van der Waals surface area contributed by atoms with E-state index in [0.717, 1.165) is 19.4 Å². The summed E-state index contributed by atoms with van der Waals surface area (Å²) in [5.41, 5.74) is 5.54. The number of aliphatic carboxylic acids is 1. The quantitative estimate of drug-likeness (QED) is 0.0886. The Morgan fingerprint density at radius 2 is 0.500 bits per heavy atom. The van der Waals surface area contributed by atoms with Gasteiger partial charge in [-0.25, -0.2) is 0 Å². The Morgan fingerprint density at radius 1 is 0.333 bits per heavy atom.